The molecule has 0 spiro atoms. The summed E-state index contributed by atoms with van der Waals surface area (Å²) < 4.78 is 22.2. The van der Waals surface area contributed by atoms with Gasteiger partial charge in [-0.1, -0.05) is 0 Å². The van der Waals surface area contributed by atoms with Crippen LogP contribution in [0.5, 0.6) is 0 Å². The van der Waals surface area contributed by atoms with Crippen molar-refractivity contribution in [3.63, 3.8) is 0 Å². The molecule has 10 nitrogen and oxygen atoms in total. The standard InChI is InChI=1S/C10H13N4O6P/c15-10-9-11-3-7(14(9)13-5-12-10)8-2-1-6(20-8)4-19-21(16,17)18/h3,5-6,8H,1-2,4H2,(H,12,13,15)(H2,16,17,18)/t6-,8+/m0/s1. The second-order valence-corrected chi connectivity index (χ2v) is 5.89. The smallest absolute Gasteiger partial charge is 0.366 e. The van der Waals surface area contributed by atoms with Gasteiger partial charge >= 0.3 is 7.82 Å². The van der Waals surface area contributed by atoms with Crippen molar-refractivity contribution in [2.45, 2.75) is 25.0 Å². The lowest BCUT2D eigenvalue weighted by Crippen LogP contribution is -2.16. The average molecular weight is 316 g/mol. The Kier molecular flexibility index (Phi) is 3.64. The number of hydrogen-bond donors (Lipinski definition) is 3. The summed E-state index contributed by atoms with van der Waals surface area (Å²) in [4.78, 5) is 35.3. The molecule has 0 amide bonds. The molecule has 0 aromatic carbocycles. The zero-order valence-electron chi connectivity index (χ0n) is 10.7. The predicted octanol–water partition coefficient (Wildman–Crippen LogP) is -0.253. The summed E-state index contributed by atoms with van der Waals surface area (Å²) in [6, 6.07) is 0. The van der Waals surface area contributed by atoms with Gasteiger partial charge in [0.05, 0.1) is 24.6 Å². The topological polar surface area (TPSA) is 139 Å². The SMILES string of the molecule is O=c1[nH]cnn2c([C@H]3CC[C@@H](COP(=O)(O)O)O3)cnc12. The van der Waals surface area contributed by atoms with Gasteiger partial charge in [-0.15, -0.1) is 0 Å². The number of aromatic nitrogens is 4. The molecule has 114 valence electrons. The minimum atomic E-state index is -4.50. The Morgan fingerprint density at radius 1 is 1.52 bits per heavy atom. The molecule has 0 radical (unpaired) electrons. The lowest BCUT2D eigenvalue weighted by atomic mass is 10.1. The van der Waals surface area contributed by atoms with Crippen molar-refractivity contribution in [2.24, 2.45) is 0 Å². The highest BCUT2D eigenvalue weighted by Gasteiger charge is 2.31. The molecule has 2 atom stereocenters. The van der Waals surface area contributed by atoms with Crippen molar-refractivity contribution in [2.75, 3.05) is 6.61 Å². The molecular weight excluding hydrogens is 303 g/mol. The zero-order chi connectivity index (χ0) is 15.0. The molecule has 1 aliphatic rings. The summed E-state index contributed by atoms with van der Waals surface area (Å²) >= 11 is 0. The average Bonchev–Trinajstić information content (AvgIpc) is 3.02. The zero-order valence-corrected chi connectivity index (χ0v) is 11.6. The van der Waals surface area contributed by atoms with Crippen molar-refractivity contribution in [1.29, 1.82) is 0 Å². The predicted molar refractivity (Wildman–Crippen MR) is 68.5 cm³/mol. The third-order valence-corrected chi connectivity index (χ3v) is 3.69. The number of nitrogens with zero attached hydrogens (tertiary/aromatic N) is 3. The van der Waals surface area contributed by atoms with Crippen molar-refractivity contribution < 1.29 is 23.6 Å². The van der Waals surface area contributed by atoms with E-state index in [9.17, 15) is 9.36 Å². The van der Waals surface area contributed by atoms with E-state index in [0.717, 1.165) is 0 Å². The van der Waals surface area contributed by atoms with Crippen LogP contribution >= 0.6 is 7.82 Å². The van der Waals surface area contributed by atoms with Crippen molar-refractivity contribution in [3.05, 3.63) is 28.6 Å². The largest absolute Gasteiger partial charge is 0.469 e. The maximum Gasteiger partial charge on any atom is 0.469 e. The fraction of sp³-hybridized carbons (Fsp3) is 0.500. The third kappa shape index (κ3) is 3.04. The van der Waals surface area contributed by atoms with Gasteiger partial charge in [-0.2, -0.15) is 5.10 Å². The number of rotatable bonds is 4. The van der Waals surface area contributed by atoms with Crippen LogP contribution in [-0.2, 0) is 13.8 Å². The van der Waals surface area contributed by atoms with Gasteiger partial charge in [0.25, 0.3) is 5.56 Å². The van der Waals surface area contributed by atoms with Crippen LogP contribution in [0.15, 0.2) is 17.3 Å². The van der Waals surface area contributed by atoms with Crippen molar-refractivity contribution in [1.82, 2.24) is 19.6 Å². The number of ether oxygens (including phenoxy) is 1. The number of aromatic amines is 1. The molecule has 11 heteroatoms. The van der Waals surface area contributed by atoms with Crippen LogP contribution in [0.1, 0.15) is 24.6 Å². The first-order valence-electron chi connectivity index (χ1n) is 6.21. The number of phosphoric acid groups is 1. The molecule has 3 N–H and O–H groups in total. The third-order valence-electron chi connectivity index (χ3n) is 3.20. The quantitative estimate of drug-likeness (QED) is 0.656. The summed E-state index contributed by atoms with van der Waals surface area (Å²) in [6.45, 7) is -0.189. The fourth-order valence-electron chi connectivity index (χ4n) is 2.29. The number of nitrogens with one attached hydrogen (secondary N) is 1. The number of hydrogen-bond acceptors (Lipinski definition) is 6. The number of fused-ring (bicyclic) bond motifs is 1. The van der Waals surface area contributed by atoms with Crippen LogP contribution in [-0.4, -0.2) is 42.1 Å². The van der Waals surface area contributed by atoms with Crippen LogP contribution in [0.3, 0.4) is 0 Å². The van der Waals surface area contributed by atoms with E-state index in [1.54, 1.807) is 0 Å². The van der Waals surface area contributed by atoms with Gasteiger partial charge in [0, 0.05) is 0 Å². The first-order valence-corrected chi connectivity index (χ1v) is 7.74. The van der Waals surface area contributed by atoms with E-state index in [1.807, 2.05) is 0 Å². The van der Waals surface area contributed by atoms with E-state index in [-0.39, 0.29) is 23.9 Å². The van der Waals surface area contributed by atoms with E-state index in [1.165, 1.54) is 17.0 Å². The molecule has 1 aliphatic heterocycles. The molecule has 3 heterocycles. The fourth-order valence-corrected chi connectivity index (χ4v) is 2.65. The maximum atomic E-state index is 11.6. The Morgan fingerprint density at radius 2 is 2.33 bits per heavy atom. The van der Waals surface area contributed by atoms with Crippen LogP contribution in [0, 0.1) is 0 Å². The molecule has 0 unspecified atom stereocenters. The highest BCUT2D eigenvalue weighted by atomic mass is 31.2. The summed E-state index contributed by atoms with van der Waals surface area (Å²) in [5.74, 6) is 0. The molecule has 2 aromatic heterocycles. The van der Waals surface area contributed by atoms with E-state index >= 15 is 0 Å². The van der Waals surface area contributed by atoms with Crippen LogP contribution < -0.4 is 5.56 Å². The molecule has 1 fully saturated rings. The van der Waals surface area contributed by atoms with E-state index in [2.05, 4.69) is 19.6 Å². The molecule has 0 bridgehead atoms. The highest BCUT2D eigenvalue weighted by molar-refractivity contribution is 7.46. The van der Waals surface area contributed by atoms with Gasteiger partial charge in [0.15, 0.2) is 0 Å². The van der Waals surface area contributed by atoms with Crippen LogP contribution in [0.4, 0.5) is 0 Å². The van der Waals surface area contributed by atoms with Gasteiger partial charge in [-0.3, -0.25) is 9.32 Å². The highest BCUT2D eigenvalue weighted by Crippen LogP contribution is 2.39. The Hall–Kier alpha value is -1.58. The number of H-pyrrole nitrogens is 1. The summed E-state index contributed by atoms with van der Waals surface area (Å²) in [5.41, 5.74) is 0.441. The first-order chi connectivity index (χ1) is 9.94. The minimum absolute atomic E-state index is 0.172. The van der Waals surface area contributed by atoms with Crippen LogP contribution in [0.2, 0.25) is 0 Å². The number of phosphoric ester groups is 1. The Balaban J connectivity index is 1.75. The molecule has 1 saturated heterocycles. The molecule has 2 aromatic rings. The van der Waals surface area contributed by atoms with Gasteiger partial charge in [-0.25, -0.2) is 14.1 Å². The van der Waals surface area contributed by atoms with E-state index in [4.69, 9.17) is 14.5 Å². The summed E-state index contributed by atoms with van der Waals surface area (Å²) in [5, 5.41) is 4.02. The summed E-state index contributed by atoms with van der Waals surface area (Å²) in [7, 11) is -4.50. The van der Waals surface area contributed by atoms with Crippen LogP contribution in [0.25, 0.3) is 5.65 Å². The monoisotopic (exact) mass is 316 g/mol. The Bertz CT molecular complexity index is 751. The lowest BCUT2D eigenvalue weighted by Gasteiger charge is -2.13. The molecule has 0 saturated carbocycles. The Labute approximate surface area is 118 Å². The normalized spacial score (nSPS) is 23.0. The van der Waals surface area contributed by atoms with Gasteiger partial charge in [0.1, 0.15) is 12.4 Å². The van der Waals surface area contributed by atoms with E-state index < -0.39 is 13.9 Å². The van der Waals surface area contributed by atoms with Gasteiger partial charge < -0.3 is 19.5 Å². The second-order valence-electron chi connectivity index (χ2n) is 4.65. The van der Waals surface area contributed by atoms with Gasteiger partial charge in [-0.05, 0) is 12.8 Å². The van der Waals surface area contributed by atoms with E-state index in [0.29, 0.717) is 18.5 Å². The Morgan fingerprint density at radius 3 is 3.10 bits per heavy atom. The molecule has 0 aliphatic carbocycles. The summed E-state index contributed by atoms with van der Waals surface area (Å²) in [6.07, 6.45) is 3.21. The molecule has 3 rings (SSSR count). The minimum Gasteiger partial charge on any atom is -0.366 e. The van der Waals surface area contributed by atoms with Crippen molar-refractivity contribution in [3.8, 4) is 0 Å². The van der Waals surface area contributed by atoms with Crippen molar-refractivity contribution >= 4 is 13.5 Å². The van der Waals surface area contributed by atoms with Gasteiger partial charge in [0.2, 0.25) is 5.65 Å². The second kappa shape index (κ2) is 5.32. The molecule has 21 heavy (non-hydrogen) atoms. The maximum absolute atomic E-state index is 11.6. The lowest BCUT2D eigenvalue weighted by molar-refractivity contribution is 0.00778. The first kappa shape index (κ1) is 14.4. The molecular formula is C10H13N4O6P. The number of imidazole rings is 1.